The summed E-state index contributed by atoms with van der Waals surface area (Å²) >= 11 is 0. The van der Waals surface area contributed by atoms with Gasteiger partial charge in [-0.15, -0.1) is 0 Å². The average Bonchev–Trinajstić information content (AvgIpc) is 2.52. The molecule has 0 atom stereocenters. The van der Waals surface area contributed by atoms with Crippen LogP contribution in [-0.4, -0.2) is 11.5 Å². The summed E-state index contributed by atoms with van der Waals surface area (Å²) in [6.07, 6.45) is 6.11. The molecule has 0 aromatic heterocycles. The van der Waals surface area contributed by atoms with Gasteiger partial charge in [0.15, 0.2) is 0 Å². The summed E-state index contributed by atoms with van der Waals surface area (Å²) in [7, 11) is 0. The van der Waals surface area contributed by atoms with E-state index in [1.54, 1.807) is 12.1 Å². The topological polar surface area (TPSA) is 79.0 Å². The van der Waals surface area contributed by atoms with Crippen molar-refractivity contribution < 1.29 is 4.92 Å². The van der Waals surface area contributed by atoms with E-state index in [9.17, 15) is 10.1 Å². The van der Waals surface area contributed by atoms with Crippen LogP contribution in [0.3, 0.4) is 0 Å². The van der Waals surface area contributed by atoms with E-state index in [1.807, 2.05) is 6.07 Å². The summed E-state index contributed by atoms with van der Waals surface area (Å²) in [6.45, 7) is 2.98. The van der Waals surface area contributed by atoms with Crippen LogP contribution in [0.25, 0.3) is 0 Å². The van der Waals surface area contributed by atoms with Gasteiger partial charge >= 0.3 is 5.69 Å². The first-order chi connectivity index (χ1) is 10.2. The smallest absolute Gasteiger partial charge is 0.309 e. The summed E-state index contributed by atoms with van der Waals surface area (Å²) < 4.78 is 0. The van der Waals surface area contributed by atoms with Gasteiger partial charge in [-0.1, -0.05) is 32.3 Å². The van der Waals surface area contributed by atoms with Crippen LogP contribution < -0.4 is 5.32 Å². The molecule has 112 valence electrons. The summed E-state index contributed by atoms with van der Waals surface area (Å²) in [5.41, 5.74) is 0.457. The fraction of sp³-hybridized carbons (Fsp3) is 0.562. The molecule has 1 aromatic carbocycles. The normalized spacial score (nSPS) is 21.5. The van der Waals surface area contributed by atoms with Crippen molar-refractivity contribution in [1.82, 2.24) is 0 Å². The van der Waals surface area contributed by atoms with Crippen LogP contribution >= 0.6 is 0 Å². The van der Waals surface area contributed by atoms with E-state index in [2.05, 4.69) is 12.2 Å². The molecule has 5 nitrogen and oxygen atoms in total. The largest absolute Gasteiger partial charge is 0.379 e. The van der Waals surface area contributed by atoms with E-state index in [4.69, 9.17) is 5.26 Å². The molecule has 0 radical (unpaired) electrons. The lowest BCUT2D eigenvalue weighted by Gasteiger charge is -2.28. The van der Waals surface area contributed by atoms with Crippen molar-refractivity contribution in [3.05, 3.63) is 33.9 Å². The molecule has 0 aliphatic heterocycles. The van der Waals surface area contributed by atoms with Gasteiger partial charge in [0, 0.05) is 6.54 Å². The van der Waals surface area contributed by atoms with E-state index in [1.165, 1.54) is 38.2 Å². The first-order valence-corrected chi connectivity index (χ1v) is 7.57. The minimum Gasteiger partial charge on any atom is -0.379 e. The Balaban J connectivity index is 2.01. The van der Waals surface area contributed by atoms with Crippen LogP contribution in [0.2, 0.25) is 0 Å². The number of hydrogen-bond acceptors (Lipinski definition) is 4. The molecule has 1 aliphatic rings. The Labute approximate surface area is 125 Å². The second-order valence-corrected chi connectivity index (χ2v) is 5.75. The average molecular weight is 287 g/mol. The van der Waals surface area contributed by atoms with Crippen molar-refractivity contribution in [3.63, 3.8) is 0 Å². The van der Waals surface area contributed by atoms with Crippen molar-refractivity contribution >= 4 is 11.4 Å². The molecule has 0 saturated heterocycles. The lowest BCUT2D eigenvalue weighted by molar-refractivity contribution is -0.384. The van der Waals surface area contributed by atoms with Crippen molar-refractivity contribution in [3.8, 4) is 6.07 Å². The van der Waals surface area contributed by atoms with Crippen LogP contribution in [0.5, 0.6) is 0 Å². The van der Waals surface area contributed by atoms with Crippen LogP contribution in [0.15, 0.2) is 18.2 Å². The third-order valence-electron chi connectivity index (χ3n) is 4.46. The molecule has 21 heavy (non-hydrogen) atoms. The van der Waals surface area contributed by atoms with Crippen LogP contribution in [0.1, 0.15) is 44.6 Å². The first-order valence-electron chi connectivity index (χ1n) is 7.57. The second kappa shape index (κ2) is 7.07. The fourth-order valence-corrected chi connectivity index (χ4v) is 3.07. The molecule has 1 aromatic rings. The van der Waals surface area contributed by atoms with Crippen molar-refractivity contribution in [1.29, 1.82) is 5.26 Å². The van der Waals surface area contributed by atoms with Crippen molar-refractivity contribution in [2.75, 3.05) is 11.9 Å². The molecule has 0 unspecified atom stereocenters. The zero-order chi connectivity index (χ0) is 15.2. The standard InChI is InChI=1S/C16H21N3O2/c1-2-12-6-8-13(9-7-12)11-18-15-5-3-4-14(10-17)16(15)19(20)21/h3-5,12-13,18H,2,6-9,11H2,1H3. The Morgan fingerprint density at radius 3 is 2.57 bits per heavy atom. The van der Waals surface area contributed by atoms with E-state index < -0.39 is 4.92 Å². The Kier molecular flexibility index (Phi) is 5.15. The van der Waals surface area contributed by atoms with Gasteiger partial charge in [0.05, 0.1) is 4.92 Å². The van der Waals surface area contributed by atoms with Gasteiger partial charge in [0.1, 0.15) is 17.3 Å². The predicted molar refractivity (Wildman–Crippen MR) is 82.0 cm³/mol. The highest BCUT2D eigenvalue weighted by atomic mass is 16.6. The van der Waals surface area contributed by atoms with E-state index >= 15 is 0 Å². The number of rotatable bonds is 5. The molecule has 1 aliphatic carbocycles. The molecule has 0 spiro atoms. The van der Waals surface area contributed by atoms with Gasteiger partial charge < -0.3 is 5.32 Å². The zero-order valence-electron chi connectivity index (χ0n) is 12.3. The second-order valence-electron chi connectivity index (χ2n) is 5.75. The van der Waals surface area contributed by atoms with Crippen LogP contribution in [0.4, 0.5) is 11.4 Å². The maximum Gasteiger partial charge on any atom is 0.309 e. The minimum atomic E-state index is -0.477. The number of nitrogens with zero attached hydrogens (tertiary/aromatic N) is 2. The molecule has 1 fully saturated rings. The highest BCUT2D eigenvalue weighted by Crippen LogP contribution is 2.32. The lowest BCUT2D eigenvalue weighted by atomic mass is 9.81. The highest BCUT2D eigenvalue weighted by Gasteiger charge is 2.22. The van der Waals surface area contributed by atoms with Crippen molar-refractivity contribution in [2.45, 2.75) is 39.0 Å². The predicted octanol–water partition coefficient (Wildman–Crippen LogP) is 4.09. The maximum atomic E-state index is 11.1. The molecule has 1 saturated carbocycles. The number of anilines is 1. The van der Waals surface area contributed by atoms with Gasteiger partial charge in [-0.2, -0.15) is 5.26 Å². The van der Waals surface area contributed by atoms with E-state index in [0.717, 1.165) is 12.5 Å². The Morgan fingerprint density at radius 1 is 1.33 bits per heavy atom. The minimum absolute atomic E-state index is 0.109. The van der Waals surface area contributed by atoms with Gasteiger partial charge in [-0.25, -0.2) is 0 Å². The number of para-hydroxylation sites is 1. The van der Waals surface area contributed by atoms with Gasteiger partial charge in [-0.05, 0) is 36.8 Å². The van der Waals surface area contributed by atoms with Gasteiger partial charge in [-0.3, -0.25) is 10.1 Å². The quantitative estimate of drug-likeness (QED) is 0.653. The number of nitro benzene ring substituents is 1. The van der Waals surface area contributed by atoms with Crippen LogP contribution in [-0.2, 0) is 0 Å². The summed E-state index contributed by atoms with van der Waals surface area (Å²) in [5, 5.41) is 23.3. The number of hydrogen-bond donors (Lipinski definition) is 1. The fourth-order valence-electron chi connectivity index (χ4n) is 3.07. The van der Waals surface area contributed by atoms with E-state index in [0.29, 0.717) is 11.6 Å². The van der Waals surface area contributed by atoms with Gasteiger partial charge in [0.2, 0.25) is 0 Å². The maximum absolute atomic E-state index is 11.1. The number of nitro groups is 1. The molecular weight excluding hydrogens is 266 g/mol. The number of nitrogens with one attached hydrogen (secondary N) is 1. The molecular formula is C16H21N3O2. The van der Waals surface area contributed by atoms with E-state index in [-0.39, 0.29) is 11.3 Å². The number of nitriles is 1. The monoisotopic (exact) mass is 287 g/mol. The van der Waals surface area contributed by atoms with Crippen LogP contribution in [0, 0.1) is 33.3 Å². The van der Waals surface area contributed by atoms with Gasteiger partial charge in [0.25, 0.3) is 0 Å². The lowest BCUT2D eigenvalue weighted by Crippen LogP contribution is -2.21. The summed E-state index contributed by atoms with van der Waals surface area (Å²) in [5.74, 6) is 1.41. The highest BCUT2D eigenvalue weighted by molar-refractivity contribution is 5.68. The summed E-state index contributed by atoms with van der Waals surface area (Å²) in [4.78, 5) is 10.7. The Bertz CT molecular complexity index is 543. The molecule has 5 heteroatoms. The van der Waals surface area contributed by atoms with Crippen molar-refractivity contribution in [2.24, 2.45) is 11.8 Å². The molecule has 2 rings (SSSR count). The number of benzene rings is 1. The Morgan fingerprint density at radius 2 is 2.00 bits per heavy atom. The SMILES string of the molecule is CCC1CCC(CNc2cccc(C#N)c2[N+](=O)[O-])CC1. The zero-order valence-corrected chi connectivity index (χ0v) is 12.3. The Hall–Kier alpha value is -2.09. The summed E-state index contributed by atoms with van der Waals surface area (Å²) in [6, 6.07) is 6.73. The molecule has 1 N–H and O–H groups in total. The third kappa shape index (κ3) is 3.72. The third-order valence-corrected chi connectivity index (χ3v) is 4.46. The first kappa shape index (κ1) is 15.3. The molecule has 0 bridgehead atoms. The molecule has 0 heterocycles. The molecule has 0 amide bonds.